The van der Waals surface area contributed by atoms with E-state index in [9.17, 15) is 5.26 Å². The lowest BCUT2D eigenvalue weighted by Crippen LogP contribution is -2.21. The van der Waals surface area contributed by atoms with Crippen molar-refractivity contribution in [1.82, 2.24) is 5.32 Å². The van der Waals surface area contributed by atoms with E-state index in [0.717, 1.165) is 28.3 Å². The molecule has 21 heavy (non-hydrogen) atoms. The van der Waals surface area contributed by atoms with Gasteiger partial charge in [-0.05, 0) is 23.3 Å². The van der Waals surface area contributed by atoms with Crippen LogP contribution in [0.15, 0.2) is 53.4 Å². The fraction of sp³-hybridized carbons (Fsp3) is 0.278. The summed E-state index contributed by atoms with van der Waals surface area (Å²) in [5, 5.41) is 12.7. The third kappa shape index (κ3) is 4.93. The lowest BCUT2D eigenvalue weighted by Gasteiger charge is -2.10. The van der Waals surface area contributed by atoms with E-state index < -0.39 is 0 Å². The van der Waals surface area contributed by atoms with Crippen molar-refractivity contribution in [1.29, 1.82) is 5.26 Å². The highest BCUT2D eigenvalue weighted by atomic mass is 32.2. The summed E-state index contributed by atoms with van der Waals surface area (Å²) in [5.41, 5.74) is 3.19. The van der Waals surface area contributed by atoms with Crippen LogP contribution in [0, 0.1) is 11.3 Å². The molecule has 2 nitrogen and oxygen atoms in total. The number of hydrogen-bond donors (Lipinski definition) is 1. The molecule has 2 rings (SSSR count). The van der Waals surface area contributed by atoms with Crippen LogP contribution in [0.3, 0.4) is 0 Å². The number of nitrogens with zero attached hydrogens (tertiary/aromatic N) is 1. The smallest absolute Gasteiger partial charge is 0.100 e. The Labute approximate surface area is 131 Å². The van der Waals surface area contributed by atoms with E-state index in [0.29, 0.717) is 6.04 Å². The summed E-state index contributed by atoms with van der Waals surface area (Å²) >= 11 is 1.71. The van der Waals surface area contributed by atoms with Gasteiger partial charge in [0.25, 0.3) is 0 Å². The summed E-state index contributed by atoms with van der Waals surface area (Å²) < 4.78 is 0. The third-order valence-corrected chi connectivity index (χ3v) is 4.26. The molecule has 0 atom stereocenters. The normalized spacial score (nSPS) is 10.6. The molecule has 0 heterocycles. The number of thioether (sulfide) groups is 1. The van der Waals surface area contributed by atoms with Gasteiger partial charge >= 0.3 is 0 Å². The number of rotatable bonds is 6. The maximum Gasteiger partial charge on any atom is 0.100 e. The Morgan fingerprint density at radius 1 is 1.10 bits per heavy atom. The third-order valence-electron chi connectivity index (χ3n) is 3.12. The van der Waals surface area contributed by atoms with Crippen molar-refractivity contribution in [2.75, 3.05) is 0 Å². The number of nitriles is 1. The first kappa shape index (κ1) is 15.6. The van der Waals surface area contributed by atoms with Gasteiger partial charge in [-0.15, -0.1) is 11.8 Å². The van der Waals surface area contributed by atoms with Crippen LogP contribution < -0.4 is 5.32 Å². The van der Waals surface area contributed by atoms with Crippen LogP contribution in [0.25, 0.3) is 0 Å². The minimum Gasteiger partial charge on any atom is -0.310 e. The number of benzene rings is 2. The van der Waals surface area contributed by atoms with E-state index in [-0.39, 0.29) is 0 Å². The molecule has 0 unspecified atom stereocenters. The molecule has 0 aliphatic rings. The van der Waals surface area contributed by atoms with Gasteiger partial charge in [0.1, 0.15) is 6.07 Å². The van der Waals surface area contributed by atoms with Crippen LogP contribution >= 0.6 is 11.8 Å². The van der Waals surface area contributed by atoms with E-state index in [1.807, 2.05) is 24.3 Å². The highest BCUT2D eigenvalue weighted by Crippen LogP contribution is 2.26. The van der Waals surface area contributed by atoms with Crippen LogP contribution in [0.4, 0.5) is 0 Å². The van der Waals surface area contributed by atoms with Gasteiger partial charge in [-0.2, -0.15) is 5.26 Å². The Bertz CT molecular complexity index is 615. The van der Waals surface area contributed by atoms with Crippen molar-refractivity contribution < 1.29 is 0 Å². The van der Waals surface area contributed by atoms with Crippen molar-refractivity contribution in [2.45, 2.75) is 37.1 Å². The summed E-state index contributed by atoms with van der Waals surface area (Å²) in [6, 6.07) is 19.2. The monoisotopic (exact) mass is 296 g/mol. The molecule has 0 bridgehead atoms. The summed E-state index contributed by atoms with van der Waals surface area (Å²) in [6.07, 6.45) is 0. The second-order valence-corrected chi connectivity index (χ2v) is 6.27. The Hall–Kier alpha value is -1.76. The van der Waals surface area contributed by atoms with Gasteiger partial charge in [0, 0.05) is 23.2 Å². The standard InChI is InChI=1S/C18H20N2S/c1-14(2)20-12-16-8-9-18(17(10-16)11-19)21-13-15-6-4-3-5-7-15/h3-10,14,20H,12-13H2,1-2H3. The maximum atomic E-state index is 9.33. The largest absolute Gasteiger partial charge is 0.310 e. The van der Waals surface area contributed by atoms with Crippen molar-refractivity contribution in [3.05, 3.63) is 65.2 Å². The van der Waals surface area contributed by atoms with Gasteiger partial charge in [-0.3, -0.25) is 0 Å². The second kappa shape index (κ2) is 7.87. The van der Waals surface area contributed by atoms with Crippen molar-refractivity contribution in [2.24, 2.45) is 0 Å². The average Bonchev–Trinajstić information content (AvgIpc) is 2.52. The van der Waals surface area contributed by atoms with E-state index >= 15 is 0 Å². The Morgan fingerprint density at radius 2 is 1.86 bits per heavy atom. The molecule has 108 valence electrons. The second-order valence-electron chi connectivity index (χ2n) is 5.25. The molecular formula is C18H20N2S. The summed E-state index contributed by atoms with van der Waals surface area (Å²) in [6.45, 7) is 5.04. The molecular weight excluding hydrogens is 276 g/mol. The van der Waals surface area contributed by atoms with E-state index in [1.54, 1.807) is 11.8 Å². The van der Waals surface area contributed by atoms with Gasteiger partial charge in [-0.25, -0.2) is 0 Å². The van der Waals surface area contributed by atoms with Crippen LogP contribution in [0.2, 0.25) is 0 Å². The van der Waals surface area contributed by atoms with E-state index in [4.69, 9.17) is 0 Å². The lowest BCUT2D eigenvalue weighted by molar-refractivity contribution is 0.588. The first-order valence-corrected chi connectivity index (χ1v) is 8.10. The molecule has 0 aromatic heterocycles. The summed E-state index contributed by atoms with van der Waals surface area (Å²) in [7, 11) is 0. The predicted molar refractivity (Wildman–Crippen MR) is 89.1 cm³/mol. The minimum absolute atomic E-state index is 0.447. The molecule has 2 aromatic carbocycles. The van der Waals surface area contributed by atoms with Crippen molar-refractivity contribution >= 4 is 11.8 Å². The molecule has 0 saturated heterocycles. The molecule has 0 amide bonds. The Kier molecular flexibility index (Phi) is 5.86. The molecule has 3 heteroatoms. The molecule has 0 saturated carbocycles. The number of hydrogen-bond acceptors (Lipinski definition) is 3. The zero-order valence-corrected chi connectivity index (χ0v) is 13.3. The van der Waals surface area contributed by atoms with E-state index in [1.165, 1.54) is 5.56 Å². The molecule has 0 fully saturated rings. The average molecular weight is 296 g/mol. The first-order chi connectivity index (χ1) is 10.2. The van der Waals surface area contributed by atoms with Crippen LogP contribution in [0.5, 0.6) is 0 Å². The molecule has 0 radical (unpaired) electrons. The number of nitrogens with one attached hydrogen (secondary N) is 1. The van der Waals surface area contributed by atoms with Gasteiger partial charge in [-0.1, -0.05) is 50.2 Å². The van der Waals surface area contributed by atoms with Gasteiger partial charge in [0.2, 0.25) is 0 Å². The zero-order chi connectivity index (χ0) is 15.1. The molecule has 2 aromatic rings. The molecule has 1 N–H and O–H groups in total. The quantitative estimate of drug-likeness (QED) is 0.805. The highest BCUT2D eigenvalue weighted by molar-refractivity contribution is 7.98. The fourth-order valence-electron chi connectivity index (χ4n) is 1.96. The fourth-order valence-corrected chi connectivity index (χ4v) is 2.90. The zero-order valence-electron chi connectivity index (χ0n) is 12.5. The SMILES string of the molecule is CC(C)NCc1ccc(SCc2ccccc2)c(C#N)c1. The lowest BCUT2D eigenvalue weighted by atomic mass is 10.1. The first-order valence-electron chi connectivity index (χ1n) is 7.12. The van der Waals surface area contributed by atoms with Crippen molar-refractivity contribution in [3.8, 4) is 6.07 Å². The molecule has 0 aliphatic heterocycles. The predicted octanol–water partition coefficient (Wildman–Crippen LogP) is 4.35. The van der Waals surface area contributed by atoms with E-state index in [2.05, 4.69) is 49.5 Å². The highest BCUT2D eigenvalue weighted by Gasteiger charge is 2.05. The van der Waals surface area contributed by atoms with Gasteiger partial charge in [0.05, 0.1) is 5.56 Å². The summed E-state index contributed by atoms with van der Waals surface area (Å²) in [5.74, 6) is 0.888. The Balaban J connectivity index is 2.04. The van der Waals surface area contributed by atoms with Crippen LogP contribution in [-0.2, 0) is 12.3 Å². The molecule has 0 aliphatic carbocycles. The van der Waals surface area contributed by atoms with Gasteiger partial charge < -0.3 is 5.32 Å². The Morgan fingerprint density at radius 3 is 2.52 bits per heavy atom. The minimum atomic E-state index is 0.447. The summed E-state index contributed by atoms with van der Waals surface area (Å²) in [4.78, 5) is 1.05. The van der Waals surface area contributed by atoms with Crippen LogP contribution in [0.1, 0.15) is 30.5 Å². The van der Waals surface area contributed by atoms with Gasteiger partial charge in [0.15, 0.2) is 0 Å². The topological polar surface area (TPSA) is 35.8 Å². The van der Waals surface area contributed by atoms with Crippen molar-refractivity contribution in [3.63, 3.8) is 0 Å². The maximum absolute atomic E-state index is 9.33. The molecule has 0 spiro atoms. The van der Waals surface area contributed by atoms with Crippen LogP contribution in [-0.4, -0.2) is 6.04 Å².